The van der Waals surface area contributed by atoms with Crippen molar-refractivity contribution in [3.8, 4) is 5.75 Å². The molecule has 4 heterocycles. The van der Waals surface area contributed by atoms with Crippen molar-refractivity contribution in [2.24, 2.45) is 5.10 Å². The number of amides is 1. The molecular formula is C22H16N4O2. The second-order valence-electron chi connectivity index (χ2n) is 7.14. The lowest BCUT2D eigenvalue weighted by Crippen LogP contribution is -2.55. The summed E-state index contributed by atoms with van der Waals surface area (Å²) in [5.41, 5.74) is 3.13. The van der Waals surface area contributed by atoms with E-state index in [2.05, 4.69) is 10.3 Å². The van der Waals surface area contributed by atoms with Gasteiger partial charge in [0.15, 0.2) is 0 Å². The minimum Gasteiger partial charge on any atom is -0.453 e. The van der Waals surface area contributed by atoms with E-state index < -0.39 is 5.72 Å². The van der Waals surface area contributed by atoms with Crippen molar-refractivity contribution in [2.75, 3.05) is 5.32 Å². The molecule has 2 atom stereocenters. The maximum absolute atomic E-state index is 13.2. The summed E-state index contributed by atoms with van der Waals surface area (Å²) in [4.78, 5) is 17.5. The van der Waals surface area contributed by atoms with Gasteiger partial charge in [-0.15, -0.1) is 0 Å². The van der Waals surface area contributed by atoms with Gasteiger partial charge < -0.3 is 10.1 Å². The van der Waals surface area contributed by atoms with Gasteiger partial charge in [0.25, 0.3) is 5.91 Å². The zero-order chi connectivity index (χ0) is 18.7. The van der Waals surface area contributed by atoms with Crippen LogP contribution in [0.3, 0.4) is 0 Å². The average molecular weight is 368 g/mol. The molecular weight excluding hydrogens is 352 g/mol. The van der Waals surface area contributed by atoms with Crippen molar-refractivity contribution in [1.29, 1.82) is 0 Å². The lowest BCUT2D eigenvalue weighted by Gasteiger charge is -2.43. The summed E-state index contributed by atoms with van der Waals surface area (Å²) >= 11 is 0. The molecule has 6 rings (SSSR count). The van der Waals surface area contributed by atoms with E-state index in [9.17, 15) is 4.79 Å². The molecule has 3 aliphatic rings. The zero-order valence-corrected chi connectivity index (χ0v) is 14.9. The van der Waals surface area contributed by atoms with Crippen molar-refractivity contribution in [3.63, 3.8) is 0 Å². The van der Waals surface area contributed by atoms with Gasteiger partial charge in [0.05, 0.1) is 23.0 Å². The Morgan fingerprint density at radius 3 is 2.82 bits per heavy atom. The van der Waals surface area contributed by atoms with Crippen LogP contribution in [-0.4, -0.2) is 21.6 Å². The first-order chi connectivity index (χ1) is 13.8. The Hall–Kier alpha value is -3.67. The third-order valence-corrected chi connectivity index (χ3v) is 5.61. The summed E-state index contributed by atoms with van der Waals surface area (Å²) in [5.74, 6) is 0.502. The Balaban J connectivity index is 1.59. The molecule has 1 amide bonds. The number of pyridine rings is 1. The highest BCUT2D eigenvalue weighted by molar-refractivity contribution is 6.07. The number of fused-ring (bicyclic) bond motifs is 6. The predicted molar refractivity (Wildman–Crippen MR) is 104 cm³/mol. The number of carbonyl (C=O) groups excluding carboxylic acids is 1. The van der Waals surface area contributed by atoms with Crippen molar-refractivity contribution in [2.45, 2.75) is 18.2 Å². The van der Waals surface area contributed by atoms with Gasteiger partial charge in [0.1, 0.15) is 5.75 Å². The van der Waals surface area contributed by atoms with Gasteiger partial charge in [-0.25, -0.2) is 5.01 Å². The molecule has 0 fully saturated rings. The Labute approximate surface area is 161 Å². The molecule has 3 aliphatic heterocycles. The van der Waals surface area contributed by atoms with E-state index in [1.54, 1.807) is 12.4 Å². The number of hydrazone groups is 1. The number of carbonyl (C=O) groups is 1. The second kappa shape index (κ2) is 5.42. The Morgan fingerprint density at radius 1 is 1.07 bits per heavy atom. The number of anilines is 1. The lowest BCUT2D eigenvalue weighted by atomic mass is 9.92. The monoisotopic (exact) mass is 368 g/mol. The molecule has 0 unspecified atom stereocenters. The van der Waals surface area contributed by atoms with E-state index in [4.69, 9.17) is 9.84 Å². The number of para-hydroxylation sites is 2. The molecule has 2 aromatic carbocycles. The average Bonchev–Trinajstić information content (AvgIpc) is 3.30. The van der Waals surface area contributed by atoms with Crippen LogP contribution >= 0.6 is 0 Å². The molecule has 1 N–H and O–H groups in total. The highest BCUT2D eigenvalue weighted by atomic mass is 16.5. The third-order valence-electron chi connectivity index (χ3n) is 5.61. The van der Waals surface area contributed by atoms with E-state index in [0.717, 1.165) is 33.8 Å². The Kier molecular flexibility index (Phi) is 2.98. The Bertz CT molecular complexity index is 1140. The van der Waals surface area contributed by atoms with Gasteiger partial charge in [-0.2, -0.15) is 5.10 Å². The molecule has 28 heavy (non-hydrogen) atoms. The van der Waals surface area contributed by atoms with Crippen molar-refractivity contribution >= 4 is 17.3 Å². The fourth-order valence-electron chi connectivity index (χ4n) is 4.35. The summed E-state index contributed by atoms with van der Waals surface area (Å²) < 4.78 is 6.41. The maximum atomic E-state index is 13.2. The van der Waals surface area contributed by atoms with Gasteiger partial charge >= 0.3 is 5.72 Å². The highest BCUT2D eigenvalue weighted by Gasteiger charge is 2.60. The van der Waals surface area contributed by atoms with Gasteiger partial charge in [-0.3, -0.25) is 9.78 Å². The number of ether oxygens (including phenoxy) is 1. The number of nitrogens with one attached hydrogen (secondary N) is 1. The summed E-state index contributed by atoms with van der Waals surface area (Å²) in [7, 11) is 0. The van der Waals surface area contributed by atoms with Crippen LogP contribution in [0.15, 0.2) is 78.2 Å². The van der Waals surface area contributed by atoms with E-state index in [0.29, 0.717) is 6.42 Å². The van der Waals surface area contributed by atoms with Crippen LogP contribution in [0.1, 0.15) is 29.2 Å². The lowest BCUT2D eigenvalue weighted by molar-refractivity contribution is -0.161. The standard InChI is InChI=1S/C22H16N4O2/c27-21-22(16-8-2-3-9-17(16)24-21)26-19(15-7-1-4-10-20(15)28-22)12-18(25-26)14-6-5-11-23-13-14/h1-11,13,19H,12H2,(H,24,27)/t19-,22-/m0/s1. The SMILES string of the molecule is O=C1Nc2ccccc2[C@]12Oc1ccccc1[C@@H]1CC(c3cccnc3)=NN12. The Morgan fingerprint density at radius 2 is 1.93 bits per heavy atom. The molecule has 6 heteroatoms. The number of aromatic nitrogens is 1. The van der Waals surface area contributed by atoms with Crippen LogP contribution in [0.25, 0.3) is 0 Å². The first-order valence-electron chi connectivity index (χ1n) is 9.23. The normalized spacial score (nSPS) is 24.1. The summed E-state index contributed by atoms with van der Waals surface area (Å²) in [6, 6.07) is 19.3. The number of rotatable bonds is 1. The van der Waals surface area contributed by atoms with Crippen LogP contribution in [0, 0.1) is 0 Å². The number of hydrogen-bond donors (Lipinski definition) is 1. The molecule has 1 spiro atoms. The molecule has 0 radical (unpaired) electrons. The summed E-state index contributed by atoms with van der Waals surface area (Å²) in [6.45, 7) is 0. The van der Waals surface area contributed by atoms with Gasteiger partial charge in [0.2, 0.25) is 0 Å². The quantitative estimate of drug-likeness (QED) is 0.715. The highest BCUT2D eigenvalue weighted by Crippen LogP contribution is 2.53. The van der Waals surface area contributed by atoms with Crippen LogP contribution in [0.4, 0.5) is 5.69 Å². The predicted octanol–water partition coefficient (Wildman–Crippen LogP) is 3.43. The molecule has 136 valence electrons. The molecule has 1 aromatic heterocycles. The zero-order valence-electron chi connectivity index (χ0n) is 14.9. The first kappa shape index (κ1) is 15.4. The molecule has 3 aromatic rings. The second-order valence-corrected chi connectivity index (χ2v) is 7.14. The molecule has 6 nitrogen and oxygen atoms in total. The largest absolute Gasteiger partial charge is 0.453 e. The van der Waals surface area contributed by atoms with E-state index in [-0.39, 0.29) is 11.9 Å². The maximum Gasteiger partial charge on any atom is 0.306 e. The summed E-state index contributed by atoms with van der Waals surface area (Å²) in [6.07, 6.45) is 4.23. The van der Waals surface area contributed by atoms with Crippen molar-refractivity contribution < 1.29 is 9.53 Å². The van der Waals surface area contributed by atoms with Crippen LogP contribution in [-0.2, 0) is 10.5 Å². The first-order valence-corrected chi connectivity index (χ1v) is 9.23. The molecule has 0 saturated heterocycles. The fraction of sp³-hybridized carbons (Fsp3) is 0.136. The minimum atomic E-state index is -1.31. The smallest absolute Gasteiger partial charge is 0.306 e. The summed E-state index contributed by atoms with van der Waals surface area (Å²) in [5, 5.41) is 9.69. The number of nitrogens with zero attached hydrogens (tertiary/aromatic N) is 3. The van der Waals surface area contributed by atoms with Crippen molar-refractivity contribution in [1.82, 2.24) is 9.99 Å². The van der Waals surface area contributed by atoms with Crippen LogP contribution in [0.2, 0.25) is 0 Å². The fourth-order valence-corrected chi connectivity index (χ4v) is 4.35. The third kappa shape index (κ3) is 1.89. The molecule has 0 saturated carbocycles. The topological polar surface area (TPSA) is 66.8 Å². The van der Waals surface area contributed by atoms with Gasteiger partial charge in [0, 0.05) is 29.9 Å². The number of benzene rings is 2. The molecule has 0 aliphatic carbocycles. The van der Waals surface area contributed by atoms with E-state index in [1.165, 1.54) is 0 Å². The van der Waals surface area contributed by atoms with E-state index >= 15 is 0 Å². The van der Waals surface area contributed by atoms with E-state index in [1.807, 2.05) is 65.7 Å². The van der Waals surface area contributed by atoms with Gasteiger partial charge in [-0.1, -0.05) is 42.5 Å². The van der Waals surface area contributed by atoms with Crippen LogP contribution < -0.4 is 10.1 Å². The van der Waals surface area contributed by atoms with Gasteiger partial charge in [-0.05, 0) is 18.2 Å². The van der Waals surface area contributed by atoms with Crippen molar-refractivity contribution in [3.05, 3.63) is 89.7 Å². The molecule has 0 bridgehead atoms. The minimum absolute atomic E-state index is 0.0861. The number of hydrogen-bond acceptors (Lipinski definition) is 5. The van der Waals surface area contributed by atoms with Crippen LogP contribution in [0.5, 0.6) is 5.75 Å².